The molecule has 0 spiro atoms. The van der Waals surface area contributed by atoms with Gasteiger partial charge in [0.15, 0.2) is 0 Å². The lowest BCUT2D eigenvalue weighted by molar-refractivity contribution is 0.222. The van der Waals surface area contributed by atoms with Crippen LogP contribution in [0, 0.1) is 0 Å². The number of rotatable bonds is 5. The van der Waals surface area contributed by atoms with E-state index in [1.807, 2.05) is 30.3 Å². The van der Waals surface area contributed by atoms with Crippen LogP contribution in [0.15, 0.2) is 68.0 Å². The van der Waals surface area contributed by atoms with Crippen molar-refractivity contribution in [3.63, 3.8) is 0 Å². The number of nitrogens with zero attached hydrogens (tertiary/aromatic N) is 3. The molecule has 0 bridgehead atoms. The fourth-order valence-electron chi connectivity index (χ4n) is 2.64. The Bertz CT molecular complexity index is 910. The zero-order chi connectivity index (χ0) is 16.9. The number of nitrogens with one attached hydrogen (secondary N) is 1. The van der Waals surface area contributed by atoms with Crippen LogP contribution in [0.2, 0.25) is 0 Å². The maximum Gasteiger partial charge on any atom is 0.322 e. The van der Waals surface area contributed by atoms with Gasteiger partial charge in [0.25, 0.3) is 0 Å². The quantitative estimate of drug-likeness (QED) is 0.571. The number of fused-ring (bicyclic) bond motifs is 3. The molecule has 0 unspecified atom stereocenters. The van der Waals surface area contributed by atoms with E-state index in [4.69, 9.17) is 0 Å². The SMILES string of the molecule is C=CCN(CC=C)C(=O)Nc1cc2cccnc2c2cccnc12. The highest BCUT2D eigenvalue weighted by atomic mass is 16.2. The smallest absolute Gasteiger partial charge is 0.317 e. The first kappa shape index (κ1) is 15.7. The van der Waals surface area contributed by atoms with Crippen LogP contribution in [0.3, 0.4) is 0 Å². The third-order valence-electron chi connectivity index (χ3n) is 3.68. The number of pyridine rings is 2. The molecule has 0 saturated carbocycles. The molecule has 0 aliphatic heterocycles. The number of hydrogen-bond acceptors (Lipinski definition) is 3. The molecule has 2 aromatic heterocycles. The van der Waals surface area contributed by atoms with E-state index in [1.165, 1.54) is 0 Å². The number of anilines is 1. The summed E-state index contributed by atoms with van der Waals surface area (Å²) in [5, 5.41) is 4.81. The van der Waals surface area contributed by atoms with Crippen molar-refractivity contribution in [2.45, 2.75) is 0 Å². The maximum absolute atomic E-state index is 12.5. The summed E-state index contributed by atoms with van der Waals surface area (Å²) < 4.78 is 0. The fraction of sp³-hybridized carbons (Fsp3) is 0.105. The van der Waals surface area contributed by atoms with Crippen LogP contribution in [0.4, 0.5) is 10.5 Å². The molecule has 5 nitrogen and oxygen atoms in total. The van der Waals surface area contributed by atoms with Gasteiger partial charge < -0.3 is 10.2 Å². The zero-order valence-electron chi connectivity index (χ0n) is 13.3. The van der Waals surface area contributed by atoms with Gasteiger partial charge in [-0.2, -0.15) is 0 Å². The third-order valence-corrected chi connectivity index (χ3v) is 3.68. The van der Waals surface area contributed by atoms with Crippen molar-refractivity contribution in [1.29, 1.82) is 0 Å². The number of benzene rings is 1. The summed E-state index contributed by atoms with van der Waals surface area (Å²) >= 11 is 0. The summed E-state index contributed by atoms with van der Waals surface area (Å²) in [5.41, 5.74) is 2.25. The molecular formula is C19H18N4O. The van der Waals surface area contributed by atoms with Crippen molar-refractivity contribution in [2.24, 2.45) is 0 Å². The number of carbonyl (C=O) groups excluding carboxylic acids is 1. The van der Waals surface area contributed by atoms with E-state index < -0.39 is 0 Å². The van der Waals surface area contributed by atoms with Crippen LogP contribution in [-0.2, 0) is 0 Å². The maximum atomic E-state index is 12.5. The standard InChI is InChI=1S/C19H18N4O/c1-3-11-23(12-4-2)19(24)22-16-13-14-7-5-9-20-17(14)15-8-6-10-21-18(15)16/h3-10,13H,1-2,11-12H2,(H,22,24). The first-order chi connectivity index (χ1) is 11.7. The molecule has 3 rings (SSSR count). The van der Waals surface area contributed by atoms with Crippen molar-refractivity contribution in [3.05, 3.63) is 68.0 Å². The lowest BCUT2D eigenvalue weighted by Crippen LogP contribution is -2.35. The number of aromatic nitrogens is 2. The average molecular weight is 318 g/mol. The summed E-state index contributed by atoms with van der Waals surface area (Å²) in [7, 11) is 0. The van der Waals surface area contributed by atoms with Gasteiger partial charge in [0, 0.05) is 36.3 Å². The third kappa shape index (κ3) is 2.96. The van der Waals surface area contributed by atoms with Gasteiger partial charge in [-0.15, -0.1) is 13.2 Å². The molecule has 0 radical (unpaired) electrons. The van der Waals surface area contributed by atoms with Crippen molar-refractivity contribution in [3.8, 4) is 0 Å². The molecule has 2 amide bonds. The zero-order valence-corrected chi connectivity index (χ0v) is 13.3. The molecular weight excluding hydrogens is 300 g/mol. The molecule has 0 aliphatic carbocycles. The van der Waals surface area contributed by atoms with Crippen LogP contribution in [0.1, 0.15) is 0 Å². The van der Waals surface area contributed by atoms with Crippen LogP contribution in [0.5, 0.6) is 0 Å². The van der Waals surface area contributed by atoms with Crippen molar-refractivity contribution in [1.82, 2.24) is 14.9 Å². The number of hydrogen-bond donors (Lipinski definition) is 1. The number of amides is 2. The molecule has 1 N–H and O–H groups in total. The van der Waals surface area contributed by atoms with Gasteiger partial charge in [-0.05, 0) is 24.3 Å². The summed E-state index contributed by atoms with van der Waals surface area (Å²) in [6.45, 7) is 8.26. The van der Waals surface area contributed by atoms with Gasteiger partial charge in [0.1, 0.15) is 0 Å². The van der Waals surface area contributed by atoms with Crippen LogP contribution in [0.25, 0.3) is 21.8 Å². The molecule has 1 aromatic carbocycles. The van der Waals surface area contributed by atoms with Crippen molar-refractivity contribution < 1.29 is 4.79 Å². The fourth-order valence-corrected chi connectivity index (χ4v) is 2.64. The van der Waals surface area contributed by atoms with Crippen LogP contribution in [-0.4, -0.2) is 34.0 Å². The highest BCUT2D eigenvalue weighted by molar-refractivity contribution is 6.11. The number of urea groups is 1. The highest BCUT2D eigenvalue weighted by Gasteiger charge is 2.14. The average Bonchev–Trinajstić information content (AvgIpc) is 2.61. The van der Waals surface area contributed by atoms with E-state index in [-0.39, 0.29) is 6.03 Å². The molecule has 5 heteroatoms. The minimum absolute atomic E-state index is 0.218. The summed E-state index contributed by atoms with van der Waals surface area (Å²) in [6.07, 6.45) is 6.83. The molecule has 3 aromatic rings. The topological polar surface area (TPSA) is 58.1 Å². The normalized spacial score (nSPS) is 10.5. The van der Waals surface area contributed by atoms with E-state index >= 15 is 0 Å². The minimum Gasteiger partial charge on any atom is -0.317 e. The molecule has 0 saturated heterocycles. The Kier molecular flexibility index (Phi) is 4.52. The first-order valence-corrected chi connectivity index (χ1v) is 7.64. The molecule has 0 aliphatic rings. The molecule has 0 fully saturated rings. The Balaban J connectivity index is 2.06. The van der Waals surface area contributed by atoms with E-state index in [1.54, 1.807) is 29.4 Å². The number of carbonyl (C=O) groups is 1. The lowest BCUT2D eigenvalue weighted by atomic mass is 10.1. The van der Waals surface area contributed by atoms with Gasteiger partial charge in [0.05, 0.1) is 16.7 Å². The predicted molar refractivity (Wildman–Crippen MR) is 98.0 cm³/mol. The second-order valence-electron chi connectivity index (χ2n) is 5.31. The molecule has 24 heavy (non-hydrogen) atoms. The highest BCUT2D eigenvalue weighted by Crippen LogP contribution is 2.29. The Morgan fingerprint density at radius 2 is 1.75 bits per heavy atom. The lowest BCUT2D eigenvalue weighted by Gasteiger charge is -2.20. The monoisotopic (exact) mass is 318 g/mol. The molecule has 0 atom stereocenters. The second kappa shape index (κ2) is 6.91. The van der Waals surface area contributed by atoms with E-state index in [0.29, 0.717) is 24.3 Å². The Morgan fingerprint density at radius 3 is 2.46 bits per heavy atom. The van der Waals surface area contributed by atoms with E-state index in [9.17, 15) is 4.79 Å². The van der Waals surface area contributed by atoms with Crippen molar-refractivity contribution in [2.75, 3.05) is 18.4 Å². The van der Waals surface area contributed by atoms with E-state index in [0.717, 1.165) is 16.3 Å². The minimum atomic E-state index is -0.218. The van der Waals surface area contributed by atoms with Gasteiger partial charge in [-0.25, -0.2) is 4.79 Å². The Hall–Kier alpha value is -3.21. The van der Waals surface area contributed by atoms with Crippen molar-refractivity contribution >= 4 is 33.5 Å². The summed E-state index contributed by atoms with van der Waals surface area (Å²) in [5.74, 6) is 0. The van der Waals surface area contributed by atoms with E-state index in [2.05, 4.69) is 28.4 Å². The van der Waals surface area contributed by atoms with Crippen LogP contribution >= 0.6 is 0 Å². The predicted octanol–water partition coefficient (Wildman–Crippen LogP) is 3.99. The molecule has 2 heterocycles. The largest absolute Gasteiger partial charge is 0.322 e. The van der Waals surface area contributed by atoms with Gasteiger partial charge in [-0.1, -0.05) is 18.2 Å². The van der Waals surface area contributed by atoms with Gasteiger partial charge >= 0.3 is 6.03 Å². The summed E-state index contributed by atoms with van der Waals surface area (Å²) in [4.78, 5) is 23.0. The van der Waals surface area contributed by atoms with Crippen LogP contribution < -0.4 is 5.32 Å². The summed E-state index contributed by atoms with van der Waals surface area (Å²) in [6, 6.07) is 9.34. The van der Waals surface area contributed by atoms with Gasteiger partial charge in [-0.3, -0.25) is 9.97 Å². The molecule has 120 valence electrons. The Labute approximate surface area is 140 Å². The van der Waals surface area contributed by atoms with Gasteiger partial charge in [0.2, 0.25) is 0 Å². The Morgan fingerprint density at radius 1 is 1.08 bits per heavy atom. The second-order valence-corrected chi connectivity index (χ2v) is 5.31. The first-order valence-electron chi connectivity index (χ1n) is 7.64.